The third-order valence-electron chi connectivity index (χ3n) is 1.48. The third-order valence-corrected chi connectivity index (χ3v) is 1.48. The van der Waals surface area contributed by atoms with Crippen molar-refractivity contribution < 1.29 is 5.11 Å². The lowest BCUT2D eigenvalue weighted by molar-refractivity contribution is 0.236. The van der Waals surface area contributed by atoms with E-state index in [4.69, 9.17) is 15.6 Å². The molecule has 1 unspecified atom stereocenters. The van der Waals surface area contributed by atoms with Crippen molar-refractivity contribution in [2.24, 2.45) is 0 Å². The molecule has 0 aliphatic heterocycles. The Hall–Kier alpha value is -1.84. The monoisotopic (exact) mass is 158 g/mol. The van der Waals surface area contributed by atoms with Crippen LogP contribution in [0.2, 0.25) is 0 Å². The van der Waals surface area contributed by atoms with Crippen LogP contribution in [-0.4, -0.2) is 5.11 Å². The third kappa shape index (κ3) is 1.60. The van der Waals surface area contributed by atoms with Crippen molar-refractivity contribution in [2.45, 2.75) is 6.10 Å². The summed E-state index contributed by atoms with van der Waals surface area (Å²) >= 11 is 0. The molecule has 0 spiro atoms. The fourth-order valence-corrected chi connectivity index (χ4v) is 0.814. The molecule has 1 aromatic carbocycles. The Morgan fingerprint density at radius 2 is 1.75 bits per heavy atom. The predicted molar refractivity (Wildman–Crippen MR) is 41.7 cm³/mol. The quantitative estimate of drug-likeness (QED) is 0.622. The number of hydrogen-bond acceptors (Lipinski definition) is 3. The molecule has 3 nitrogen and oxygen atoms in total. The average molecular weight is 158 g/mol. The van der Waals surface area contributed by atoms with Gasteiger partial charge in [0, 0.05) is 0 Å². The molecule has 1 aromatic rings. The van der Waals surface area contributed by atoms with Crippen molar-refractivity contribution in [3.05, 3.63) is 35.4 Å². The van der Waals surface area contributed by atoms with E-state index in [0.717, 1.165) is 0 Å². The molecule has 1 rings (SSSR count). The molecule has 12 heavy (non-hydrogen) atoms. The van der Waals surface area contributed by atoms with Crippen LogP contribution in [0.1, 0.15) is 17.2 Å². The Morgan fingerprint density at radius 3 is 2.17 bits per heavy atom. The summed E-state index contributed by atoms with van der Waals surface area (Å²) in [6, 6.07) is 9.89. The zero-order chi connectivity index (χ0) is 8.97. The number of nitrogens with zero attached hydrogens (tertiary/aromatic N) is 2. The summed E-state index contributed by atoms with van der Waals surface area (Å²) < 4.78 is 0. The topological polar surface area (TPSA) is 67.8 Å². The average Bonchev–Trinajstić information content (AvgIpc) is 2.17. The molecule has 0 radical (unpaired) electrons. The molecule has 0 aliphatic rings. The fraction of sp³-hybridized carbons (Fsp3) is 0.111. The molecule has 0 aromatic heterocycles. The number of aliphatic hydroxyl groups excluding tert-OH is 1. The van der Waals surface area contributed by atoms with Crippen LogP contribution in [0.4, 0.5) is 0 Å². The van der Waals surface area contributed by atoms with E-state index in [2.05, 4.69) is 0 Å². The summed E-state index contributed by atoms with van der Waals surface area (Å²) in [5, 5.41) is 25.8. The lowest BCUT2D eigenvalue weighted by Crippen LogP contribution is -1.92. The van der Waals surface area contributed by atoms with Gasteiger partial charge in [-0.15, -0.1) is 0 Å². The second-order valence-electron chi connectivity index (χ2n) is 2.27. The van der Waals surface area contributed by atoms with E-state index >= 15 is 0 Å². The molecule has 0 heterocycles. The molecule has 0 amide bonds. The molecule has 0 fully saturated rings. The van der Waals surface area contributed by atoms with Gasteiger partial charge in [0.2, 0.25) is 0 Å². The van der Waals surface area contributed by atoms with Gasteiger partial charge in [-0.1, -0.05) is 12.1 Å². The smallest absolute Gasteiger partial charge is 0.165 e. The first kappa shape index (κ1) is 8.26. The van der Waals surface area contributed by atoms with E-state index in [1.54, 1.807) is 30.3 Å². The Morgan fingerprint density at radius 1 is 1.17 bits per heavy atom. The molecular weight excluding hydrogens is 152 g/mol. The maximum atomic E-state index is 9.05. The summed E-state index contributed by atoms with van der Waals surface area (Å²) in [7, 11) is 0. The summed E-state index contributed by atoms with van der Waals surface area (Å²) in [4.78, 5) is 0. The largest absolute Gasteiger partial charge is 0.374 e. The fourth-order valence-electron chi connectivity index (χ4n) is 0.814. The van der Waals surface area contributed by atoms with Gasteiger partial charge in [0.1, 0.15) is 0 Å². The second kappa shape index (κ2) is 3.52. The first-order valence-electron chi connectivity index (χ1n) is 3.35. The van der Waals surface area contributed by atoms with Gasteiger partial charge in [-0.2, -0.15) is 10.5 Å². The summed E-state index contributed by atoms with van der Waals surface area (Å²) in [6.07, 6.45) is -1.10. The summed E-state index contributed by atoms with van der Waals surface area (Å²) in [5.74, 6) is 0. The molecular formula is C9H6N2O. The zero-order valence-corrected chi connectivity index (χ0v) is 6.23. The first-order chi connectivity index (χ1) is 5.77. The van der Waals surface area contributed by atoms with Gasteiger partial charge >= 0.3 is 0 Å². The molecule has 1 N–H and O–H groups in total. The number of benzene rings is 1. The maximum Gasteiger partial charge on any atom is 0.165 e. The number of hydrogen-bond donors (Lipinski definition) is 1. The van der Waals surface area contributed by atoms with Gasteiger partial charge in [0.05, 0.1) is 17.7 Å². The van der Waals surface area contributed by atoms with Crippen molar-refractivity contribution in [2.75, 3.05) is 0 Å². The summed E-state index contributed by atoms with van der Waals surface area (Å²) in [5.41, 5.74) is 1.03. The minimum absolute atomic E-state index is 0.511. The van der Waals surface area contributed by atoms with Crippen LogP contribution in [0.3, 0.4) is 0 Å². The van der Waals surface area contributed by atoms with Crippen LogP contribution in [0, 0.1) is 22.7 Å². The number of nitriles is 2. The van der Waals surface area contributed by atoms with Crippen LogP contribution in [0.5, 0.6) is 0 Å². The normalized spacial score (nSPS) is 11.2. The Labute approximate surface area is 70.1 Å². The van der Waals surface area contributed by atoms with Crippen molar-refractivity contribution in [3.8, 4) is 12.1 Å². The van der Waals surface area contributed by atoms with Crippen LogP contribution in [0.25, 0.3) is 0 Å². The van der Waals surface area contributed by atoms with Gasteiger partial charge in [0.25, 0.3) is 0 Å². The standard InChI is InChI=1S/C9H6N2O/c10-5-7-1-3-8(4-2-7)9(12)6-11/h1-4,9,12H. The predicted octanol–water partition coefficient (Wildman–Crippen LogP) is 1.12. The Bertz CT molecular complexity index is 342. The van der Waals surface area contributed by atoms with Crippen LogP contribution < -0.4 is 0 Å². The second-order valence-corrected chi connectivity index (χ2v) is 2.27. The van der Waals surface area contributed by atoms with Gasteiger partial charge in [-0.25, -0.2) is 0 Å². The molecule has 58 valence electrons. The van der Waals surface area contributed by atoms with E-state index in [-0.39, 0.29) is 0 Å². The Kier molecular flexibility index (Phi) is 2.42. The van der Waals surface area contributed by atoms with Gasteiger partial charge in [0.15, 0.2) is 6.10 Å². The number of rotatable bonds is 1. The molecule has 0 saturated heterocycles. The molecule has 0 aliphatic carbocycles. The van der Waals surface area contributed by atoms with Crippen LogP contribution in [0.15, 0.2) is 24.3 Å². The maximum absolute atomic E-state index is 9.05. The highest BCUT2D eigenvalue weighted by Gasteiger charge is 2.03. The van der Waals surface area contributed by atoms with E-state index in [1.807, 2.05) is 6.07 Å². The molecule has 0 bridgehead atoms. The van der Waals surface area contributed by atoms with Crippen LogP contribution >= 0.6 is 0 Å². The minimum atomic E-state index is -1.10. The lowest BCUT2D eigenvalue weighted by atomic mass is 10.1. The van der Waals surface area contributed by atoms with Gasteiger partial charge in [-0.05, 0) is 17.7 Å². The summed E-state index contributed by atoms with van der Waals surface area (Å²) in [6.45, 7) is 0. The first-order valence-corrected chi connectivity index (χ1v) is 3.35. The molecule has 1 atom stereocenters. The van der Waals surface area contributed by atoms with Crippen LogP contribution in [-0.2, 0) is 0 Å². The van der Waals surface area contributed by atoms with E-state index in [9.17, 15) is 0 Å². The lowest BCUT2D eigenvalue weighted by Gasteiger charge is -1.99. The van der Waals surface area contributed by atoms with Crippen molar-refractivity contribution in [1.29, 1.82) is 10.5 Å². The highest BCUT2D eigenvalue weighted by atomic mass is 16.3. The SMILES string of the molecule is N#Cc1ccc(C(O)C#N)cc1. The number of aliphatic hydroxyl groups is 1. The zero-order valence-electron chi connectivity index (χ0n) is 6.23. The minimum Gasteiger partial charge on any atom is -0.374 e. The molecule has 0 saturated carbocycles. The van der Waals surface area contributed by atoms with Gasteiger partial charge < -0.3 is 5.11 Å². The van der Waals surface area contributed by atoms with E-state index in [1.165, 1.54) is 0 Å². The van der Waals surface area contributed by atoms with E-state index in [0.29, 0.717) is 11.1 Å². The highest BCUT2D eigenvalue weighted by molar-refractivity contribution is 5.33. The molecule has 3 heteroatoms. The highest BCUT2D eigenvalue weighted by Crippen LogP contribution is 2.11. The van der Waals surface area contributed by atoms with Crippen molar-refractivity contribution in [3.63, 3.8) is 0 Å². The Balaban J connectivity index is 2.96. The van der Waals surface area contributed by atoms with Gasteiger partial charge in [-0.3, -0.25) is 0 Å². The van der Waals surface area contributed by atoms with Crippen molar-refractivity contribution >= 4 is 0 Å². The van der Waals surface area contributed by atoms with E-state index < -0.39 is 6.10 Å². The van der Waals surface area contributed by atoms with Crippen molar-refractivity contribution in [1.82, 2.24) is 0 Å².